The zero-order valence-electron chi connectivity index (χ0n) is 11.4. The summed E-state index contributed by atoms with van der Waals surface area (Å²) in [5.74, 6) is -0.253. The van der Waals surface area contributed by atoms with Crippen molar-refractivity contribution in [3.05, 3.63) is 64.1 Å². The number of benzene rings is 1. The summed E-state index contributed by atoms with van der Waals surface area (Å²) in [6.45, 7) is 2.02. The fourth-order valence-corrected chi connectivity index (χ4v) is 1.89. The van der Waals surface area contributed by atoms with Crippen LogP contribution in [0.4, 0.5) is 5.69 Å². The SMILES string of the molecule is CNC(C)c1ccccc1NC(=O)c1ccc(=O)[nH]c1. The van der Waals surface area contributed by atoms with Crippen LogP contribution in [-0.2, 0) is 0 Å². The number of aromatic amines is 1. The predicted molar refractivity (Wildman–Crippen MR) is 78.9 cm³/mol. The van der Waals surface area contributed by atoms with Crippen molar-refractivity contribution in [2.45, 2.75) is 13.0 Å². The van der Waals surface area contributed by atoms with Gasteiger partial charge in [-0.2, -0.15) is 0 Å². The number of carbonyl (C=O) groups is 1. The molecule has 104 valence electrons. The number of hydrogen-bond donors (Lipinski definition) is 3. The Balaban J connectivity index is 2.24. The second kappa shape index (κ2) is 6.16. The third-order valence-electron chi connectivity index (χ3n) is 3.15. The number of hydrogen-bond acceptors (Lipinski definition) is 3. The number of amides is 1. The summed E-state index contributed by atoms with van der Waals surface area (Å²) in [6, 6.07) is 10.6. The van der Waals surface area contributed by atoms with E-state index in [1.54, 1.807) is 0 Å². The number of pyridine rings is 1. The molecule has 20 heavy (non-hydrogen) atoms. The van der Waals surface area contributed by atoms with Crippen molar-refractivity contribution >= 4 is 11.6 Å². The molecule has 0 saturated heterocycles. The van der Waals surface area contributed by atoms with Crippen molar-refractivity contribution in [3.8, 4) is 0 Å². The number of rotatable bonds is 4. The molecule has 0 radical (unpaired) electrons. The predicted octanol–water partition coefficient (Wildman–Crippen LogP) is 1.91. The average molecular weight is 271 g/mol. The zero-order valence-corrected chi connectivity index (χ0v) is 11.4. The van der Waals surface area contributed by atoms with Crippen LogP contribution in [0.3, 0.4) is 0 Å². The number of carbonyl (C=O) groups excluding carboxylic acids is 1. The molecule has 5 nitrogen and oxygen atoms in total. The topological polar surface area (TPSA) is 74.0 Å². The number of aromatic nitrogens is 1. The van der Waals surface area contributed by atoms with Gasteiger partial charge in [-0.25, -0.2) is 0 Å². The van der Waals surface area contributed by atoms with Crippen LogP contribution in [0.2, 0.25) is 0 Å². The minimum Gasteiger partial charge on any atom is -0.328 e. The molecule has 1 aromatic heterocycles. The average Bonchev–Trinajstić information content (AvgIpc) is 2.47. The molecule has 2 rings (SSSR count). The van der Waals surface area contributed by atoms with Crippen LogP contribution in [0.25, 0.3) is 0 Å². The van der Waals surface area contributed by atoms with E-state index in [0.717, 1.165) is 11.3 Å². The van der Waals surface area contributed by atoms with Crippen LogP contribution in [0.15, 0.2) is 47.4 Å². The summed E-state index contributed by atoms with van der Waals surface area (Å²) < 4.78 is 0. The molecule has 0 aliphatic heterocycles. The Kier molecular flexibility index (Phi) is 4.32. The fraction of sp³-hybridized carbons (Fsp3) is 0.200. The largest absolute Gasteiger partial charge is 0.328 e. The van der Waals surface area contributed by atoms with Crippen molar-refractivity contribution in [2.24, 2.45) is 0 Å². The summed E-state index contributed by atoms with van der Waals surface area (Å²) in [6.07, 6.45) is 1.40. The number of H-pyrrole nitrogens is 1. The highest BCUT2D eigenvalue weighted by atomic mass is 16.1. The number of nitrogens with one attached hydrogen (secondary N) is 3. The molecule has 0 bridgehead atoms. The first-order valence-electron chi connectivity index (χ1n) is 6.38. The van der Waals surface area contributed by atoms with Crippen molar-refractivity contribution < 1.29 is 4.79 Å². The smallest absolute Gasteiger partial charge is 0.257 e. The fourth-order valence-electron chi connectivity index (χ4n) is 1.89. The second-order valence-electron chi connectivity index (χ2n) is 4.49. The van der Waals surface area contributed by atoms with Gasteiger partial charge in [0.15, 0.2) is 0 Å². The van der Waals surface area contributed by atoms with Crippen LogP contribution in [0.1, 0.15) is 28.9 Å². The summed E-state index contributed by atoms with van der Waals surface area (Å²) >= 11 is 0. The van der Waals surface area contributed by atoms with E-state index in [1.807, 2.05) is 38.2 Å². The van der Waals surface area contributed by atoms with Gasteiger partial charge in [0.25, 0.3) is 5.91 Å². The summed E-state index contributed by atoms with van der Waals surface area (Å²) in [5.41, 5.74) is 1.94. The second-order valence-corrected chi connectivity index (χ2v) is 4.49. The lowest BCUT2D eigenvalue weighted by Gasteiger charge is -2.16. The monoisotopic (exact) mass is 271 g/mol. The minimum absolute atomic E-state index is 0.127. The summed E-state index contributed by atoms with van der Waals surface area (Å²) in [4.78, 5) is 25.6. The van der Waals surface area contributed by atoms with Crippen molar-refractivity contribution in [2.75, 3.05) is 12.4 Å². The molecule has 2 aromatic rings. The van der Waals surface area contributed by atoms with E-state index in [1.165, 1.54) is 18.3 Å². The Morgan fingerprint density at radius 1 is 1.20 bits per heavy atom. The third kappa shape index (κ3) is 3.13. The summed E-state index contributed by atoms with van der Waals surface area (Å²) in [7, 11) is 1.87. The van der Waals surface area contributed by atoms with E-state index in [4.69, 9.17) is 0 Å². The van der Waals surface area contributed by atoms with Crippen LogP contribution in [0.5, 0.6) is 0 Å². The highest BCUT2D eigenvalue weighted by Crippen LogP contribution is 2.22. The molecule has 5 heteroatoms. The highest BCUT2D eigenvalue weighted by molar-refractivity contribution is 6.04. The highest BCUT2D eigenvalue weighted by Gasteiger charge is 2.12. The lowest BCUT2D eigenvalue weighted by molar-refractivity contribution is 0.102. The normalized spacial score (nSPS) is 11.9. The molecule has 0 saturated carbocycles. The van der Waals surface area contributed by atoms with Gasteiger partial charge in [0, 0.05) is 24.0 Å². The Bertz CT molecular complexity index is 644. The zero-order chi connectivity index (χ0) is 14.5. The molecular formula is C15H17N3O2. The number of para-hydroxylation sites is 1. The number of anilines is 1. The molecule has 3 N–H and O–H groups in total. The van der Waals surface area contributed by atoms with Gasteiger partial charge in [-0.15, -0.1) is 0 Å². The molecule has 1 unspecified atom stereocenters. The quantitative estimate of drug-likeness (QED) is 0.795. The van der Waals surface area contributed by atoms with E-state index < -0.39 is 0 Å². The van der Waals surface area contributed by atoms with Crippen LogP contribution < -0.4 is 16.2 Å². The molecule has 0 aliphatic rings. The first kappa shape index (κ1) is 14.0. The minimum atomic E-state index is -0.253. The third-order valence-corrected chi connectivity index (χ3v) is 3.15. The molecular weight excluding hydrogens is 254 g/mol. The van der Waals surface area contributed by atoms with Gasteiger partial charge in [-0.05, 0) is 31.7 Å². The molecule has 1 heterocycles. The maximum Gasteiger partial charge on any atom is 0.257 e. The van der Waals surface area contributed by atoms with E-state index in [-0.39, 0.29) is 17.5 Å². The molecule has 1 amide bonds. The van der Waals surface area contributed by atoms with Gasteiger partial charge in [0.2, 0.25) is 5.56 Å². The van der Waals surface area contributed by atoms with Crippen molar-refractivity contribution in [1.82, 2.24) is 10.3 Å². The van der Waals surface area contributed by atoms with E-state index in [9.17, 15) is 9.59 Å². The maximum absolute atomic E-state index is 12.1. The lowest BCUT2D eigenvalue weighted by Crippen LogP contribution is -2.18. The molecule has 0 spiro atoms. The standard InChI is InChI=1S/C15H17N3O2/c1-10(16-2)12-5-3-4-6-13(12)18-15(20)11-7-8-14(19)17-9-11/h3-10,16H,1-2H3,(H,17,19)(H,18,20). The van der Waals surface area contributed by atoms with Gasteiger partial charge in [-0.3, -0.25) is 9.59 Å². The Hall–Kier alpha value is -2.40. The first-order valence-corrected chi connectivity index (χ1v) is 6.38. The van der Waals surface area contributed by atoms with Crippen molar-refractivity contribution in [1.29, 1.82) is 0 Å². The van der Waals surface area contributed by atoms with Crippen LogP contribution in [0, 0.1) is 0 Å². The van der Waals surface area contributed by atoms with Gasteiger partial charge in [0.1, 0.15) is 0 Å². The van der Waals surface area contributed by atoms with Gasteiger partial charge in [0.05, 0.1) is 5.56 Å². The Morgan fingerprint density at radius 2 is 1.95 bits per heavy atom. The van der Waals surface area contributed by atoms with Gasteiger partial charge < -0.3 is 15.6 Å². The molecule has 1 atom stereocenters. The first-order chi connectivity index (χ1) is 9.61. The van der Waals surface area contributed by atoms with E-state index >= 15 is 0 Å². The maximum atomic E-state index is 12.1. The molecule has 0 aliphatic carbocycles. The van der Waals surface area contributed by atoms with E-state index in [0.29, 0.717) is 5.56 Å². The molecule has 0 fully saturated rings. The Labute approximate surface area is 117 Å². The van der Waals surface area contributed by atoms with Crippen molar-refractivity contribution in [3.63, 3.8) is 0 Å². The van der Waals surface area contributed by atoms with Crippen LogP contribution in [-0.4, -0.2) is 17.9 Å². The van der Waals surface area contributed by atoms with Gasteiger partial charge >= 0.3 is 0 Å². The molecule has 1 aromatic carbocycles. The Morgan fingerprint density at radius 3 is 2.60 bits per heavy atom. The van der Waals surface area contributed by atoms with Gasteiger partial charge in [-0.1, -0.05) is 18.2 Å². The van der Waals surface area contributed by atoms with Crippen LogP contribution >= 0.6 is 0 Å². The summed E-state index contributed by atoms with van der Waals surface area (Å²) in [5, 5.41) is 6.00. The van der Waals surface area contributed by atoms with E-state index in [2.05, 4.69) is 15.6 Å². The lowest BCUT2D eigenvalue weighted by atomic mass is 10.1.